The number of anilines is 1. The predicted molar refractivity (Wildman–Crippen MR) is 74.7 cm³/mol. The molecule has 112 valence electrons. The van der Waals surface area contributed by atoms with Crippen molar-refractivity contribution in [1.29, 1.82) is 0 Å². The molecule has 0 atom stereocenters. The van der Waals surface area contributed by atoms with Crippen LogP contribution in [0, 0.1) is 0 Å². The summed E-state index contributed by atoms with van der Waals surface area (Å²) in [5.74, 6) is 1.30. The van der Waals surface area contributed by atoms with Gasteiger partial charge >= 0.3 is 6.18 Å². The zero-order chi connectivity index (χ0) is 15.2. The quantitative estimate of drug-likeness (QED) is 0.928. The summed E-state index contributed by atoms with van der Waals surface area (Å²) in [5, 5.41) is 0. The molecule has 1 aliphatic rings. The minimum absolute atomic E-state index is 0.354. The van der Waals surface area contributed by atoms with Gasteiger partial charge in [0.1, 0.15) is 17.3 Å². The van der Waals surface area contributed by atoms with Gasteiger partial charge in [-0.05, 0) is 25.0 Å². The van der Waals surface area contributed by atoms with Gasteiger partial charge in [-0.2, -0.15) is 13.2 Å². The maximum absolute atomic E-state index is 12.8. The van der Waals surface area contributed by atoms with Gasteiger partial charge in [-0.25, -0.2) is 4.98 Å². The molecule has 0 unspecified atom stereocenters. The average Bonchev–Trinajstić information content (AvgIpc) is 3.21. The molecule has 0 radical (unpaired) electrons. The third kappa shape index (κ3) is 2.50. The number of imidazole rings is 1. The summed E-state index contributed by atoms with van der Waals surface area (Å²) < 4.78 is 40.4. The number of halogens is 3. The van der Waals surface area contributed by atoms with Crippen molar-refractivity contribution in [2.75, 3.05) is 5.73 Å². The van der Waals surface area contributed by atoms with E-state index in [0.29, 0.717) is 29.5 Å². The maximum Gasteiger partial charge on any atom is 0.416 e. The van der Waals surface area contributed by atoms with Crippen LogP contribution >= 0.6 is 0 Å². The van der Waals surface area contributed by atoms with Crippen LogP contribution in [-0.2, 0) is 12.6 Å². The lowest BCUT2D eigenvalue weighted by atomic mass is 10.1. The van der Waals surface area contributed by atoms with Crippen LogP contribution in [-0.4, -0.2) is 9.55 Å². The lowest BCUT2D eigenvalue weighted by Gasteiger charge is -2.09. The molecule has 3 nitrogen and oxygen atoms in total. The molecule has 3 rings (SSSR count). The van der Waals surface area contributed by atoms with Crippen molar-refractivity contribution in [3.63, 3.8) is 0 Å². The first-order valence-corrected chi connectivity index (χ1v) is 6.96. The van der Waals surface area contributed by atoms with E-state index in [1.54, 1.807) is 6.07 Å². The first-order valence-electron chi connectivity index (χ1n) is 6.96. The monoisotopic (exact) mass is 295 g/mol. The van der Waals surface area contributed by atoms with E-state index in [1.807, 2.05) is 11.5 Å². The number of aryl methyl sites for hydroxylation is 1. The van der Waals surface area contributed by atoms with Gasteiger partial charge in [0.15, 0.2) is 0 Å². The number of alkyl halides is 3. The number of nitrogens with zero attached hydrogens (tertiary/aromatic N) is 2. The lowest BCUT2D eigenvalue weighted by molar-refractivity contribution is -0.137. The molecule has 21 heavy (non-hydrogen) atoms. The number of rotatable bonds is 3. The van der Waals surface area contributed by atoms with E-state index in [-0.39, 0.29) is 0 Å². The largest absolute Gasteiger partial charge is 0.416 e. The van der Waals surface area contributed by atoms with Gasteiger partial charge in [-0.15, -0.1) is 0 Å². The molecule has 0 spiro atoms. The van der Waals surface area contributed by atoms with Crippen molar-refractivity contribution in [3.05, 3.63) is 35.7 Å². The lowest BCUT2D eigenvalue weighted by Crippen LogP contribution is -2.05. The molecule has 2 aromatic rings. The van der Waals surface area contributed by atoms with Gasteiger partial charge in [0, 0.05) is 18.0 Å². The first-order chi connectivity index (χ1) is 9.91. The second-order valence-electron chi connectivity index (χ2n) is 5.30. The molecular weight excluding hydrogens is 279 g/mol. The van der Waals surface area contributed by atoms with Crippen LogP contribution in [0.25, 0.3) is 11.3 Å². The van der Waals surface area contributed by atoms with E-state index >= 15 is 0 Å². The van der Waals surface area contributed by atoms with Gasteiger partial charge in [-0.1, -0.05) is 19.1 Å². The Bertz CT molecular complexity index is 669. The number of hydrogen-bond donors (Lipinski definition) is 1. The molecule has 1 aliphatic carbocycles. The molecule has 1 aromatic carbocycles. The summed E-state index contributed by atoms with van der Waals surface area (Å²) in [7, 11) is 0. The van der Waals surface area contributed by atoms with E-state index in [1.165, 1.54) is 6.07 Å². The molecule has 1 heterocycles. The predicted octanol–water partition coefficient (Wildman–Crippen LogP) is 4.05. The summed E-state index contributed by atoms with van der Waals surface area (Å²) in [4.78, 5) is 4.45. The van der Waals surface area contributed by atoms with Crippen molar-refractivity contribution >= 4 is 5.82 Å². The Morgan fingerprint density at radius 3 is 2.62 bits per heavy atom. The summed E-state index contributed by atoms with van der Waals surface area (Å²) in [6.45, 7) is 1.97. The van der Waals surface area contributed by atoms with Crippen LogP contribution in [0.15, 0.2) is 24.3 Å². The summed E-state index contributed by atoms with van der Waals surface area (Å²) in [5.41, 5.74) is 6.31. The van der Waals surface area contributed by atoms with E-state index in [2.05, 4.69) is 4.98 Å². The van der Waals surface area contributed by atoms with Crippen LogP contribution in [0.3, 0.4) is 0 Å². The number of benzene rings is 1. The van der Waals surface area contributed by atoms with Crippen molar-refractivity contribution in [3.8, 4) is 11.3 Å². The molecule has 1 fully saturated rings. The fourth-order valence-corrected chi connectivity index (χ4v) is 2.54. The molecule has 0 amide bonds. The van der Waals surface area contributed by atoms with Gasteiger partial charge in [0.2, 0.25) is 0 Å². The smallest absolute Gasteiger partial charge is 0.383 e. The fourth-order valence-electron chi connectivity index (χ4n) is 2.54. The van der Waals surface area contributed by atoms with Crippen LogP contribution in [0.4, 0.5) is 19.0 Å². The van der Waals surface area contributed by atoms with Crippen molar-refractivity contribution < 1.29 is 13.2 Å². The fraction of sp³-hybridized carbons (Fsp3) is 0.400. The van der Waals surface area contributed by atoms with E-state index in [9.17, 15) is 13.2 Å². The highest BCUT2D eigenvalue weighted by atomic mass is 19.4. The Labute approximate surface area is 120 Å². The normalized spacial score (nSPS) is 15.4. The van der Waals surface area contributed by atoms with Crippen molar-refractivity contribution in [2.45, 2.75) is 38.4 Å². The number of aromatic nitrogens is 2. The second-order valence-corrected chi connectivity index (χ2v) is 5.30. The number of nitrogen functional groups attached to an aromatic ring is 1. The average molecular weight is 295 g/mol. The molecule has 2 N–H and O–H groups in total. The van der Waals surface area contributed by atoms with Crippen LogP contribution in [0.5, 0.6) is 0 Å². The zero-order valence-corrected chi connectivity index (χ0v) is 11.6. The highest BCUT2D eigenvalue weighted by molar-refractivity contribution is 5.72. The third-order valence-electron chi connectivity index (χ3n) is 3.71. The van der Waals surface area contributed by atoms with Crippen LogP contribution in [0.1, 0.15) is 37.2 Å². The Balaban J connectivity index is 2.09. The first kappa shape index (κ1) is 14.0. The molecule has 1 saturated carbocycles. The topological polar surface area (TPSA) is 43.8 Å². The van der Waals surface area contributed by atoms with E-state index < -0.39 is 11.7 Å². The Morgan fingerprint density at radius 2 is 2.05 bits per heavy atom. The van der Waals surface area contributed by atoms with E-state index in [4.69, 9.17) is 5.73 Å². The standard InChI is InChI=1S/C15H16F3N3/c1-2-12-20-13(14(19)21(12)11-6-7-11)9-4-3-5-10(8-9)15(16,17)18/h3-5,8,11H,2,6-7,19H2,1H3. The van der Waals surface area contributed by atoms with Gasteiger partial charge < -0.3 is 10.3 Å². The minimum atomic E-state index is -4.36. The molecule has 0 bridgehead atoms. The Hall–Kier alpha value is -1.98. The highest BCUT2D eigenvalue weighted by Gasteiger charge is 2.32. The summed E-state index contributed by atoms with van der Waals surface area (Å²) >= 11 is 0. The Morgan fingerprint density at radius 1 is 1.33 bits per heavy atom. The number of hydrogen-bond acceptors (Lipinski definition) is 2. The van der Waals surface area contributed by atoms with Crippen molar-refractivity contribution in [2.24, 2.45) is 0 Å². The maximum atomic E-state index is 12.8. The van der Waals surface area contributed by atoms with E-state index in [0.717, 1.165) is 30.8 Å². The Kier molecular flexibility index (Phi) is 3.19. The molecular formula is C15H16F3N3. The van der Waals surface area contributed by atoms with Gasteiger partial charge in [-0.3, -0.25) is 0 Å². The minimum Gasteiger partial charge on any atom is -0.383 e. The van der Waals surface area contributed by atoms with Crippen molar-refractivity contribution in [1.82, 2.24) is 9.55 Å². The summed E-state index contributed by atoms with van der Waals surface area (Å²) in [6.07, 6.45) is -1.55. The van der Waals surface area contributed by atoms with Crippen LogP contribution in [0.2, 0.25) is 0 Å². The number of nitrogens with two attached hydrogens (primary N) is 1. The second kappa shape index (κ2) is 4.79. The molecule has 1 aromatic heterocycles. The summed E-state index contributed by atoms with van der Waals surface area (Å²) in [6, 6.07) is 5.52. The van der Waals surface area contributed by atoms with Gasteiger partial charge in [0.05, 0.1) is 5.56 Å². The molecule has 6 heteroatoms. The van der Waals surface area contributed by atoms with Crippen LogP contribution < -0.4 is 5.73 Å². The highest BCUT2D eigenvalue weighted by Crippen LogP contribution is 2.41. The SMILES string of the molecule is CCc1nc(-c2cccc(C(F)(F)F)c2)c(N)n1C1CC1. The third-order valence-corrected chi connectivity index (χ3v) is 3.71. The molecule has 0 aliphatic heterocycles. The molecule has 0 saturated heterocycles. The zero-order valence-electron chi connectivity index (χ0n) is 11.6. The van der Waals surface area contributed by atoms with Gasteiger partial charge in [0.25, 0.3) is 0 Å².